The number of thiophene rings is 1. The van der Waals surface area contributed by atoms with E-state index in [1.54, 1.807) is 42.2 Å². The Hall–Kier alpha value is -3.10. The number of aryl methyl sites for hydroxylation is 1. The van der Waals surface area contributed by atoms with E-state index in [1.807, 2.05) is 12.1 Å². The molecule has 1 unspecified atom stereocenters. The zero-order valence-corrected chi connectivity index (χ0v) is 20.1. The highest BCUT2D eigenvalue weighted by molar-refractivity contribution is 7.16. The fourth-order valence-electron chi connectivity index (χ4n) is 3.83. The number of nitrogens with one attached hydrogen (secondary N) is 1. The summed E-state index contributed by atoms with van der Waals surface area (Å²) in [5, 5.41) is 3.34. The van der Waals surface area contributed by atoms with Gasteiger partial charge in [-0.3, -0.25) is 4.79 Å². The van der Waals surface area contributed by atoms with Crippen LogP contribution in [-0.4, -0.2) is 34.9 Å². The molecule has 1 aliphatic rings. The summed E-state index contributed by atoms with van der Waals surface area (Å²) < 4.78 is 28.2. The maximum atomic E-state index is 14.1. The first-order chi connectivity index (χ1) is 16.2. The van der Waals surface area contributed by atoms with Crippen LogP contribution in [0.5, 0.6) is 0 Å². The minimum atomic E-state index is -2.81. The predicted octanol–water partition coefficient (Wildman–Crippen LogP) is 6.71. The van der Waals surface area contributed by atoms with Gasteiger partial charge in [-0.25, -0.2) is 13.8 Å². The van der Waals surface area contributed by atoms with Gasteiger partial charge in [0.1, 0.15) is 5.82 Å². The second-order valence-corrected chi connectivity index (χ2v) is 9.60. The zero-order valence-electron chi connectivity index (χ0n) is 18.5. The number of alkyl halides is 2. The molecule has 4 rings (SSSR count). The summed E-state index contributed by atoms with van der Waals surface area (Å²) in [7, 11) is 0. The average Bonchev–Trinajstić information content (AvgIpc) is 3.27. The quantitative estimate of drug-likeness (QED) is 0.382. The summed E-state index contributed by atoms with van der Waals surface area (Å²) in [6.07, 6.45) is 2.70. The molecule has 0 radical (unpaired) electrons. The molecular formula is C25H23ClF2N4OS. The van der Waals surface area contributed by atoms with Gasteiger partial charge < -0.3 is 10.2 Å². The Bertz CT molecular complexity index is 1260. The first-order valence-corrected chi connectivity index (χ1v) is 11.8. The molecule has 1 atom stereocenters. The van der Waals surface area contributed by atoms with E-state index in [0.29, 0.717) is 33.6 Å². The number of hydrogen-bond donors (Lipinski definition) is 1. The lowest BCUT2D eigenvalue weighted by Gasteiger charge is -2.37. The number of carbonyl (C=O) groups is 1. The Labute approximate surface area is 205 Å². The molecule has 34 heavy (non-hydrogen) atoms. The third kappa shape index (κ3) is 5.03. The molecule has 1 fully saturated rings. The van der Waals surface area contributed by atoms with E-state index in [2.05, 4.69) is 28.4 Å². The van der Waals surface area contributed by atoms with Gasteiger partial charge in [0.15, 0.2) is 0 Å². The van der Waals surface area contributed by atoms with Gasteiger partial charge >= 0.3 is 0 Å². The number of anilines is 2. The van der Waals surface area contributed by atoms with E-state index in [0.717, 1.165) is 9.75 Å². The zero-order chi connectivity index (χ0) is 24.5. The normalized spacial score (nSPS) is 17.3. The van der Waals surface area contributed by atoms with E-state index in [1.165, 1.54) is 17.4 Å². The Kier molecular flexibility index (Phi) is 6.81. The fourth-order valence-corrected chi connectivity index (χ4v) is 4.89. The number of aromatic nitrogens is 2. The minimum absolute atomic E-state index is 0.0543. The van der Waals surface area contributed by atoms with Crippen LogP contribution in [0, 0.1) is 12.8 Å². The third-order valence-electron chi connectivity index (χ3n) is 5.65. The monoisotopic (exact) mass is 500 g/mol. The van der Waals surface area contributed by atoms with Gasteiger partial charge in [-0.05, 0) is 37.3 Å². The van der Waals surface area contributed by atoms with Crippen LogP contribution in [-0.2, 0) is 0 Å². The molecule has 0 spiro atoms. The molecule has 1 aromatic carbocycles. The molecule has 1 amide bonds. The molecule has 3 heterocycles. The lowest BCUT2D eigenvalue weighted by atomic mass is 9.94. The number of carbonyl (C=O) groups excluding carboxylic acids is 1. The van der Waals surface area contributed by atoms with Gasteiger partial charge in [-0.15, -0.1) is 17.9 Å². The molecule has 0 bridgehead atoms. The third-order valence-corrected chi connectivity index (χ3v) is 7.00. The highest BCUT2D eigenvalue weighted by atomic mass is 35.5. The highest BCUT2D eigenvalue weighted by Gasteiger charge is 2.43. The molecule has 176 valence electrons. The molecular weight excluding hydrogens is 478 g/mol. The number of nitrogens with zero attached hydrogens (tertiary/aromatic N) is 3. The van der Waals surface area contributed by atoms with Crippen LogP contribution in [0.1, 0.15) is 27.3 Å². The van der Waals surface area contributed by atoms with Gasteiger partial charge in [0.25, 0.3) is 11.8 Å². The average molecular weight is 501 g/mol. The number of halogens is 3. The molecule has 3 aromatic rings. The first-order valence-electron chi connectivity index (χ1n) is 10.6. The largest absolute Gasteiger partial charge is 0.340 e. The van der Waals surface area contributed by atoms with Crippen LogP contribution in [0.3, 0.4) is 0 Å². The van der Waals surface area contributed by atoms with Crippen LogP contribution in [0.15, 0.2) is 55.6 Å². The smallest absolute Gasteiger partial charge is 0.257 e. The van der Waals surface area contributed by atoms with E-state index >= 15 is 0 Å². The van der Waals surface area contributed by atoms with Crippen LogP contribution in [0.4, 0.5) is 20.5 Å². The maximum absolute atomic E-state index is 14.1. The van der Waals surface area contributed by atoms with Crippen molar-refractivity contribution in [3.8, 4) is 10.4 Å². The summed E-state index contributed by atoms with van der Waals surface area (Å²) in [6.45, 7) is 9.26. The van der Waals surface area contributed by atoms with E-state index in [-0.39, 0.29) is 25.4 Å². The van der Waals surface area contributed by atoms with Crippen LogP contribution >= 0.6 is 22.9 Å². The molecule has 0 aliphatic carbocycles. The Morgan fingerprint density at radius 3 is 2.76 bits per heavy atom. The van der Waals surface area contributed by atoms with Crippen LogP contribution in [0.2, 0.25) is 5.02 Å². The predicted molar refractivity (Wildman–Crippen MR) is 135 cm³/mol. The number of piperidine rings is 1. The van der Waals surface area contributed by atoms with E-state index < -0.39 is 11.8 Å². The summed E-state index contributed by atoms with van der Waals surface area (Å²) in [5.41, 5.74) is 1.74. The Balaban J connectivity index is 1.61. The van der Waals surface area contributed by atoms with Gasteiger partial charge in [-0.1, -0.05) is 30.3 Å². The Morgan fingerprint density at radius 1 is 1.26 bits per heavy atom. The molecule has 1 N–H and O–H groups in total. The van der Waals surface area contributed by atoms with Gasteiger partial charge in [0.05, 0.1) is 5.92 Å². The summed E-state index contributed by atoms with van der Waals surface area (Å²) >= 11 is 7.71. The second kappa shape index (κ2) is 9.64. The standard InChI is InChI=1S/C25H23ClF2N4OS/c1-4-16-14-32(11-10-25(16,27)28)24-29-15(3)12-22(31-24)30-23(33)19-8-6-17(26)13-20(19)21-9-7-18(5-2)34-21/h4-9,12-13,16H,1-2,10-11,14H2,3H3,(H,29,30,31,33). The summed E-state index contributed by atoms with van der Waals surface area (Å²) in [5.74, 6) is -3.58. The highest BCUT2D eigenvalue weighted by Crippen LogP contribution is 2.36. The topological polar surface area (TPSA) is 58.1 Å². The SMILES string of the molecule is C=Cc1ccc(-c2cc(Cl)ccc2C(=O)Nc2cc(C)nc(N3CCC(F)(F)C(C=C)C3)n2)s1. The van der Waals surface area contributed by atoms with Crippen molar-refractivity contribution in [1.29, 1.82) is 0 Å². The first kappa shape index (κ1) is 24.0. The number of rotatable bonds is 6. The second-order valence-electron chi connectivity index (χ2n) is 8.04. The lowest BCUT2D eigenvalue weighted by molar-refractivity contribution is -0.0545. The van der Waals surface area contributed by atoms with Crippen LogP contribution < -0.4 is 10.2 Å². The molecule has 9 heteroatoms. The van der Waals surface area contributed by atoms with Crippen molar-refractivity contribution in [2.24, 2.45) is 5.92 Å². The molecule has 0 saturated carbocycles. The summed E-state index contributed by atoms with van der Waals surface area (Å²) in [6, 6.07) is 10.5. The van der Waals surface area contributed by atoms with Crippen molar-refractivity contribution in [2.45, 2.75) is 19.3 Å². The van der Waals surface area contributed by atoms with Crippen molar-refractivity contribution in [1.82, 2.24) is 9.97 Å². The molecule has 2 aromatic heterocycles. The van der Waals surface area contributed by atoms with Gasteiger partial charge in [-0.2, -0.15) is 4.98 Å². The van der Waals surface area contributed by atoms with Crippen LogP contribution in [0.25, 0.3) is 16.5 Å². The van der Waals surface area contributed by atoms with Crippen molar-refractivity contribution in [3.05, 3.63) is 76.8 Å². The van der Waals surface area contributed by atoms with Gasteiger partial charge in [0.2, 0.25) is 5.95 Å². The van der Waals surface area contributed by atoms with Gasteiger partial charge in [0, 0.05) is 57.2 Å². The number of amides is 1. The summed E-state index contributed by atoms with van der Waals surface area (Å²) in [4.78, 5) is 25.6. The fraction of sp³-hybridized carbons (Fsp3) is 0.240. The van der Waals surface area contributed by atoms with Crippen molar-refractivity contribution < 1.29 is 13.6 Å². The molecule has 5 nitrogen and oxygen atoms in total. The maximum Gasteiger partial charge on any atom is 0.257 e. The van der Waals surface area contributed by atoms with E-state index in [4.69, 9.17) is 11.6 Å². The molecule has 1 aliphatic heterocycles. The van der Waals surface area contributed by atoms with Crippen molar-refractivity contribution in [3.63, 3.8) is 0 Å². The minimum Gasteiger partial charge on any atom is -0.340 e. The lowest BCUT2D eigenvalue weighted by Crippen LogP contribution is -2.47. The van der Waals surface area contributed by atoms with E-state index in [9.17, 15) is 13.6 Å². The molecule has 1 saturated heterocycles. The van der Waals surface area contributed by atoms with Crippen molar-refractivity contribution >= 4 is 46.7 Å². The number of benzene rings is 1. The number of hydrogen-bond acceptors (Lipinski definition) is 5. The van der Waals surface area contributed by atoms with Crippen molar-refractivity contribution in [2.75, 3.05) is 23.3 Å². The Morgan fingerprint density at radius 2 is 2.06 bits per heavy atom.